The molecule has 0 fully saturated rings. The van der Waals surface area contributed by atoms with Gasteiger partial charge in [0.25, 0.3) is 0 Å². The summed E-state index contributed by atoms with van der Waals surface area (Å²) in [6, 6.07) is 0. The van der Waals surface area contributed by atoms with E-state index in [0.29, 0.717) is 6.61 Å². The number of thiazole rings is 1. The van der Waals surface area contributed by atoms with Gasteiger partial charge < -0.3 is 10.5 Å². The Balaban J connectivity index is 2.56. The minimum Gasteiger partial charge on any atom is -0.380 e. The summed E-state index contributed by atoms with van der Waals surface area (Å²) < 4.78 is 5.12. The van der Waals surface area contributed by atoms with Crippen LogP contribution in [0.25, 0.3) is 6.08 Å². The van der Waals surface area contributed by atoms with E-state index < -0.39 is 0 Å². The minimum atomic E-state index is 0.666. The van der Waals surface area contributed by atoms with Crippen LogP contribution >= 0.6 is 11.3 Å². The van der Waals surface area contributed by atoms with Crippen LogP contribution in [0.5, 0.6) is 0 Å². The topological polar surface area (TPSA) is 48.1 Å². The van der Waals surface area contributed by atoms with Crippen LogP contribution in [0.1, 0.15) is 17.8 Å². The van der Waals surface area contributed by atoms with Crippen molar-refractivity contribution in [3.8, 4) is 0 Å². The highest BCUT2D eigenvalue weighted by atomic mass is 32.1. The van der Waals surface area contributed by atoms with Crippen molar-refractivity contribution in [3.05, 3.63) is 22.2 Å². The summed E-state index contributed by atoms with van der Waals surface area (Å²) >= 11 is 1.64. The van der Waals surface area contributed by atoms with Crippen molar-refractivity contribution < 1.29 is 4.74 Å². The van der Waals surface area contributed by atoms with Crippen molar-refractivity contribution in [2.75, 3.05) is 20.3 Å². The molecule has 0 radical (unpaired) electrons. The minimum absolute atomic E-state index is 0.666. The van der Waals surface area contributed by atoms with Gasteiger partial charge in [-0.05, 0) is 31.0 Å². The van der Waals surface area contributed by atoms with E-state index in [1.54, 1.807) is 18.4 Å². The van der Waals surface area contributed by atoms with Crippen LogP contribution in [0.3, 0.4) is 0 Å². The molecule has 0 bridgehead atoms. The standard InChI is InChI=1S/C10H16N2OS/c1-13-8-9(3-2-4-11)7-10-12-5-6-14-10/h5-7H,2-4,8,11H2,1H3/b9-7+. The van der Waals surface area contributed by atoms with Crippen LogP contribution in [0.15, 0.2) is 17.2 Å². The van der Waals surface area contributed by atoms with Crippen LogP contribution in [0, 0.1) is 0 Å². The number of ether oxygens (including phenoxy) is 1. The van der Waals surface area contributed by atoms with E-state index in [4.69, 9.17) is 10.5 Å². The lowest BCUT2D eigenvalue weighted by Gasteiger charge is -2.04. The maximum Gasteiger partial charge on any atom is 0.116 e. The predicted octanol–water partition coefficient (Wildman–Crippen LogP) is 1.91. The van der Waals surface area contributed by atoms with Gasteiger partial charge in [-0.15, -0.1) is 11.3 Å². The van der Waals surface area contributed by atoms with Crippen molar-refractivity contribution in [3.63, 3.8) is 0 Å². The molecule has 0 spiro atoms. The van der Waals surface area contributed by atoms with Gasteiger partial charge in [0, 0.05) is 18.7 Å². The highest BCUT2D eigenvalue weighted by Crippen LogP contribution is 2.13. The SMILES string of the molecule is COC/C(=C/c1nccs1)CCCN. The molecular weight excluding hydrogens is 196 g/mol. The van der Waals surface area contributed by atoms with E-state index in [-0.39, 0.29) is 0 Å². The molecule has 0 aromatic carbocycles. The van der Waals surface area contributed by atoms with E-state index in [1.165, 1.54) is 5.57 Å². The highest BCUT2D eigenvalue weighted by Gasteiger charge is 1.98. The van der Waals surface area contributed by atoms with Crippen molar-refractivity contribution in [1.29, 1.82) is 0 Å². The molecule has 0 amide bonds. The fraction of sp³-hybridized carbons (Fsp3) is 0.500. The summed E-state index contributed by atoms with van der Waals surface area (Å²) in [6.45, 7) is 1.39. The van der Waals surface area contributed by atoms with Crippen LogP contribution in [-0.2, 0) is 4.74 Å². The van der Waals surface area contributed by atoms with Crippen molar-refractivity contribution in [2.45, 2.75) is 12.8 Å². The Labute approximate surface area is 88.6 Å². The molecule has 0 saturated heterocycles. The van der Waals surface area contributed by atoms with Crippen LogP contribution in [0.2, 0.25) is 0 Å². The first-order chi connectivity index (χ1) is 6.86. The Hall–Kier alpha value is -0.710. The monoisotopic (exact) mass is 212 g/mol. The molecule has 2 N–H and O–H groups in total. The molecule has 78 valence electrons. The van der Waals surface area contributed by atoms with Crippen LogP contribution in [-0.4, -0.2) is 25.2 Å². The fourth-order valence-electron chi connectivity index (χ4n) is 1.18. The molecule has 1 aromatic rings. The van der Waals surface area contributed by atoms with E-state index in [2.05, 4.69) is 11.1 Å². The quantitative estimate of drug-likeness (QED) is 0.783. The van der Waals surface area contributed by atoms with E-state index >= 15 is 0 Å². The first-order valence-electron chi connectivity index (χ1n) is 4.64. The number of aromatic nitrogens is 1. The average Bonchev–Trinajstić information content (AvgIpc) is 2.67. The number of nitrogens with two attached hydrogens (primary N) is 1. The molecule has 14 heavy (non-hydrogen) atoms. The second-order valence-electron chi connectivity index (χ2n) is 3.00. The maximum atomic E-state index is 5.47. The third kappa shape index (κ3) is 4.00. The molecule has 1 aromatic heterocycles. The summed E-state index contributed by atoms with van der Waals surface area (Å²) in [5.74, 6) is 0. The Morgan fingerprint density at radius 1 is 1.71 bits per heavy atom. The first kappa shape index (κ1) is 11.4. The summed E-state index contributed by atoms with van der Waals surface area (Å²) in [4.78, 5) is 4.20. The number of hydrogen-bond acceptors (Lipinski definition) is 4. The van der Waals surface area contributed by atoms with Gasteiger partial charge in [-0.1, -0.05) is 0 Å². The Morgan fingerprint density at radius 3 is 3.14 bits per heavy atom. The lowest BCUT2D eigenvalue weighted by atomic mass is 10.1. The number of methoxy groups -OCH3 is 1. The highest BCUT2D eigenvalue weighted by molar-refractivity contribution is 7.10. The molecule has 0 unspecified atom stereocenters. The molecule has 1 rings (SSSR count). The molecule has 3 nitrogen and oxygen atoms in total. The number of rotatable bonds is 6. The molecule has 0 aliphatic rings. The smallest absolute Gasteiger partial charge is 0.116 e. The van der Waals surface area contributed by atoms with Gasteiger partial charge in [-0.25, -0.2) is 4.98 Å². The summed E-state index contributed by atoms with van der Waals surface area (Å²) in [6.07, 6.45) is 5.89. The fourth-order valence-corrected chi connectivity index (χ4v) is 1.80. The molecule has 4 heteroatoms. The van der Waals surface area contributed by atoms with Gasteiger partial charge in [0.2, 0.25) is 0 Å². The zero-order valence-corrected chi connectivity index (χ0v) is 9.22. The number of nitrogens with zero attached hydrogens (tertiary/aromatic N) is 1. The Kier molecular flexibility index (Phi) is 5.44. The van der Waals surface area contributed by atoms with Gasteiger partial charge in [-0.2, -0.15) is 0 Å². The van der Waals surface area contributed by atoms with E-state index in [0.717, 1.165) is 24.4 Å². The van der Waals surface area contributed by atoms with E-state index in [1.807, 2.05) is 11.6 Å². The van der Waals surface area contributed by atoms with Gasteiger partial charge >= 0.3 is 0 Å². The summed E-state index contributed by atoms with van der Waals surface area (Å²) in [5, 5.41) is 3.01. The lowest BCUT2D eigenvalue weighted by Crippen LogP contribution is -2.01. The number of hydrogen-bond donors (Lipinski definition) is 1. The van der Waals surface area contributed by atoms with Crippen molar-refractivity contribution in [1.82, 2.24) is 4.98 Å². The normalized spacial score (nSPS) is 12.0. The predicted molar refractivity (Wildman–Crippen MR) is 60.3 cm³/mol. The Bertz CT molecular complexity index is 270. The first-order valence-corrected chi connectivity index (χ1v) is 5.52. The Morgan fingerprint density at radius 2 is 2.57 bits per heavy atom. The van der Waals surface area contributed by atoms with Crippen molar-refractivity contribution >= 4 is 17.4 Å². The maximum absolute atomic E-state index is 5.47. The molecule has 0 saturated carbocycles. The zero-order valence-electron chi connectivity index (χ0n) is 8.40. The van der Waals surface area contributed by atoms with Crippen LogP contribution < -0.4 is 5.73 Å². The average molecular weight is 212 g/mol. The molecule has 0 aliphatic carbocycles. The molecule has 0 atom stereocenters. The van der Waals surface area contributed by atoms with Gasteiger partial charge in [0.05, 0.1) is 6.61 Å². The zero-order chi connectivity index (χ0) is 10.2. The van der Waals surface area contributed by atoms with Crippen molar-refractivity contribution in [2.24, 2.45) is 5.73 Å². The van der Waals surface area contributed by atoms with Gasteiger partial charge in [0.1, 0.15) is 5.01 Å². The second-order valence-corrected chi connectivity index (χ2v) is 3.92. The van der Waals surface area contributed by atoms with Crippen LogP contribution in [0.4, 0.5) is 0 Å². The van der Waals surface area contributed by atoms with E-state index in [9.17, 15) is 0 Å². The largest absolute Gasteiger partial charge is 0.380 e. The van der Waals surface area contributed by atoms with Gasteiger partial charge in [-0.3, -0.25) is 0 Å². The third-order valence-electron chi connectivity index (χ3n) is 1.81. The molecule has 1 heterocycles. The lowest BCUT2D eigenvalue weighted by molar-refractivity contribution is 0.223. The summed E-state index contributed by atoms with van der Waals surface area (Å²) in [5.41, 5.74) is 6.72. The summed E-state index contributed by atoms with van der Waals surface area (Å²) in [7, 11) is 1.71. The molecular formula is C10H16N2OS. The third-order valence-corrected chi connectivity index (χ3v) is 2.53. The van der Waals surface area contributed by atoms with Gasteiger partial charge in [0.15, 0.2) is 0 Å². The molecule has 0 aliphatic heterocycles. The second kappa shape index (κ2) is 6.70.